The van der Waals surface area contributed by atoms with Gasteiger partial charge in [0.05, 0.1) is 12.7 Å². The fourth-order valence-electron chi connectivity index (χ4n) is 4.04. The third kappa shape index (κ3) is 3.62. The fourth-order valence-corrected chi connectivity index (χ4v) is 4.04. The molecule has 0 atom stereocenters. The summed E-state index contributed by atoms with van der Waals surface area (Å²) in [5.41, 5.74) is 1.27. The van der Waals surface area contributed by atoms with Gasteiger partial charge in [0.2, 0.25) is 0 Å². The minimum Gasteiger partial charge on any atom is -0.504 e. The maximum absolute atomic E-state index is 12.8. The van der Waals surface area contributed by atoms with Crippen LogP contribution in [0.15, 0.2) is 39.5 Å². The average Bonchev–Trinajstić information content (AvgIpc) is 2.79. The standard InChI is InChI=1S/C24H24N2O6/c1-14-17-12-19(31-3)21(28)18(13-27)22(17)32-24(30)20(14)15-4-6-16(7-5-15)23(29)26-10-8-25(2)9-11-26/h4-7,12-13,28H,8-11H2,1-3H3. The van der Waals surface area contributed by atoms with E-state index in [-0.39, 0.29) is 28.6 Å². The van der Waals surface area contributed by atoms with Gasteiger partial charge >= 0.3 is 5.63 Å². The summed E-state index contributed by atoms with van der Waals surface area (Å²) < 4.78 is 10.6. The van der Waals surface area contributed by atoms with E-state index in [1.807, 2.05) is 11.9 Å². The summed E-state index contributed by atoms with van der Waals surface area (Å²) in [5.74, 6) is -0.310. The Kier molecular flexibility index (Phi) is 5.71. The average molecular weight is 436 g/mol. The number of hydrogen-bond acceptors (Lipinski definition) is 7. The zero-order valence-corrected chi connectivity index (χ0v) is 18.2. The van der Waals surface area contributed by atoms with Gasteiger partial charge in [-0.25, -0.2) is 4.79 Å². The van der Waals surface area contributed by atoms with E-state index in [4.69, 9.17) is 9.15 Å². The highest BCUT2D eigenvalue weighted by Crippen LogP contribution is 2.38. The van der Waals surface area contributed by atoms with Crippen molar-refractivity contribution in [3.05, 3.63) is 57.4 Å². The Hall–Kier alpha value is -3.65. The number of methoxy groups -OCH3 is 1. The van der Waals surface area contributed by atoms with Gasteiger partial charge in [-0.1, -0.05) is 12.1 Å². The summed E-state index contributed by atoms with van der Waals surface area (Å²) in [6.07, 6.45) is 0.432. The minimum absolute atomic E-state index is 0.00594. The summed E-state index contributed by atoms with van der Waals surface area (Å²) in [4.78, 5) is 41.1. The number of aldehydes is 1. The van der Waals surface area contributed by atoms with Crippen LogP contribution in [0.25, 0.3) is 22.1 Å². The number of amides is 1. The van der Waals surface area contributed by atoms with Crippen LogP contribution in [0.3, 0.4) is 0 Å². The van der Waals surface area contributed by atoms with Crippen molar-refractivity contribution in [3.63, 3.8) is 0 Å². The number of benzene rings is 2. The van der Waals surface area contributed by atoms with Crippen molar-refractivity contribution >= 4 is 23.2 Å². The van der Waals surface area contributed by atoms with Gasteiger partial charge in [-0.3, -0.25) is 9.59 Å². The first-order valence-corrected chi connectivity index (χ1v) is 10.3. The molecule has 0 saturated carbocycles. The number of aromatic hydroxyl groups is 1. The van der Waals surface area contributed by atoms with E-state index in [0.29, 0.717) is 47.0 Å². The number of piperazine rings is 1. The molecule has 0 aliphatic carbocycles. The lowest BCUT2D eigenvalue weighted by molar-refractivity contribution is 0.0664. The highest BCUT2D eigenvalue weighted by atomic mass is 16.5. The number of phenols is 1. The predicted molar refractivity (Wildman–Crippen MR) is 120 cm³/mol. The molecular weight excluding hydrogens is 412 g/mol. The zero-order chi connectivity index (χ0) is 23.0. The number of ether oxygens (including phenoxy) is 1. The van der Waals surface area contributed by atoms with Gasteiger partial charge in [-0.2, -0.15) is 0 Å². The van der Waals surface area contributed by atoms with E-state index in [0.717, 1.165) is 13.1 Å². The van der Waals surface area contributed by atoms with Crippen molar-refractivity contribution in [2.24, 2.45) is 0 Å². The molecule has 1 aromatic heterocycles. The van der Waals surface area contributed by atoms with Gasteiger partial charge < -0.3 is 24.1 Å². The normalized spacial score (nSPS) is 14.5. The number of carbonyl (C=O) groups excluding carboxylic acids is 2. The fraction of sp³-hybridized carbons (Fsp3) is 0.292. The lowest BCUT2D eigenvalue weighted by atomic mass is 9.97. The van der Waals surface area contributed by atoms with E-state index in [1.165, 1.54) is 13.2 Å². The van der Waals surface area contributed by atoms with Crippen molar-refractivity contribution in [2.45, 2.75) is 6.92 Å². The first-order chi connectivity index (χ1) is 15.3. The Morgan fingerprint density at radius 1 is 1.16 bits per heavy atom. The first kappa shape index (κ1) is 21.6. The van der Waals surface area contributed by atoms with Gasteiger partial charge in [0.25, 0.3) is 5.91 Å². The minimum atomic E-state index is -0.638. The van der Waals surface area contributed by atoms with Crippen LogP contribution in [0.1, 0.15) is 26.3 Å². The van der Waals surface area contributed by atoms with Crippen molar-refractivity contribution in [1.29, 1.82) is 0 Å². The number of rotatable bonds is 4. The molecule has 1 saturated heterocycles. The van der Waals surface area contributed by atoms with Crippen molar-refractivity contribution in [2.75, 3.05) is 40.3 Å². The Balaban J connectivity index is 1.75. The molecule has 8 heteroatoms. The highest BCUT2D eigenvalue weighted by molar-refractivity contribution is 6.02. The molecule has 2 heterocycles. The Bertz CT molecular complexity index is 1250. The molecule has 1 aliphatic rings. The molecule has 1 aliphatic heterocycles. The molecule has 166 valence electrons. The summed E-state index contributed by atoms with van der Waals surface area (Å²) in [7, 11) is 3.41. The highest BCUT2D eigenvalue weighted by Gasteiger charge is 2.22. The van der Waals surface area contributed by atoms with E-state index in [2.05, 4.69) is 4.90 Å². The number of fused-ring (bicyclic) bond motifs is 1. The second-order valence-corrected chi connectivity index (χ2v) is 7.90. The van der Waals surface area contributed by atoms with Crippen LogP contribution in [0.4, 0.5) is 0 Å². The molecule has 0 spiro atoms. The van der Waals surface area contributed by atoms with Crippen molar-refractivity contribution in [3.8, 4) is 22.6 Å². The number of phenolic OH excluding ortho intramolecular Hbond substituents is 1. The molecule has 1 fully saturated rings. The third-order valence-corrected chi connectivity index (χ3v) is 5.98. The van der Waals surface area contributed by atoms with Gasteiger partial charge in [0.15, 0.2) is 23.4 Å². The van der Waals surface area contributed by atoms with Crippen LogP contribution in [-0.4, -0.2) is 67.4 Å². The Morgan fingerprint density at radius 2 is 1.81 bits per heavy atom. The van der Waals surface area contributed by atoms with E-state index in [9.17, 15) is 19.5 Å². The summed E-state index contributed by atoms with van der Waals surface area (Å²) in [5, 5.41) is 10.7. The van der Waals surface area contributed by atoms with Crippen LogP contribution in [0, 0.1) is 6.92 Å². The zero-order valence-electron chi connectivity index (χ0n) is 18.2. The molecule has 0 radical (unpaired) electrons. The molecule has 8 nitrogen and oxygen atoms in total. The lowest BCUT2D eigenvalue weighted by Crippen LogP contribution is -2.47. The maximum atomic E-state index is 12.8. The summed E-state index contributed by atoms with van der Waals surface area (Å²) in [6.45, 7) is 4.77. The van der Waals surface area contributed by atoms with E-state index in [1.54, 1.807) is 31.2 Å². The second kappa shape index (κ2) is 8.47. The molecule has 0 bridgehead atoms. The van der Waals surface area contributed by atoms with Crippen LogP contribution in [0.5, 0.6) is 11.5 Å². The summed E-state index contributed by atoms with van der Waals surface area (Å²) >= 11 is 0. The number of aryl methyl sites for hydroxylation is 1. The molecule has 0 unspecified atom stereocenters. The van der Waals surface area contributed by atoms with Gasteiger partial charge in [0.1, 0.15) is 5.56 Å². The molecule has 2 aromatic carbocycles. The third-order valence-electron chi connectivity index (χ3n) is 5.98. The predicted octanol–water partition coefficient (Wildman–Crippen LogP) is 2.68. The molecule has 3 aromatic rings. The van der Waals surface area contributed by atoms with Crippen LogP contribution in [-0.2, 0) is 0 Å². The Labute approximate surface area is 184 Å². The van der Waals surface area contributed by atoms with Crippen LogP contribution >= 0.6 is 0 Å². The first-order valence-electron chi connectivity index (χ1n) is 10.3. The van der Waals surface area contributed by atoms with E-state index >= 15 is 0 Å². The number of hydrogen-bond donors (Lipinski definition) is 1. The van der Waals surface area contributed by atoms with Crippen LogP contribution in [0.2, 0.25) is 0 Å². The molecule has 4 rings (SSSR count). The maximum Gasteiger partial charge on any atom is 0.344 e. The van der Waals surface area contributed by atoms with Crippen molar-refractivity contribution in [1.82, 2.24) is 9.80 Å². The molecular formula is C24H24N2O6. The summed E-state index contributed by atoms with van der Waals surface area (Å²) in [6, 6.07) is 8.37. The van der Waals surface area contributed by atoms with Crippen LogP contribution < -0.4 is 10.4 Å². The topological polar surface area (TPSA) is 100 Å². The number of carbonyl (C=O) groups is 2. The van der Waals surface area contributed by atoms with Crippen molar-refractivity contribution < 1.29 is 23.8 Å². The number of nitrogens with zero attached hydrogens (tertiary/aromatic N) is 2. The largest absolute Gasteiger partial charge is 0.504 e. The molecule has 32 heavy (non-hydrogen) atoms. The Morgan fingerprint density at radius 3 is 2.41 bits per heavy atom. The molecule has 1 N–H and O–H groups in total. The number of likely N-dealkylation sites (N-methyl/N-ethyl adjacent to an activating group) is 1. The SMILES string of the molecule is COc1cc2c(C)c(-c3ccc(C(=O)N4CCN(C)CC4)cc3)c(=O)oc2c(C=O)c1O. The van der Waals surface area contributed by atoms with Gasteiger partial charge in [-0.05, 0) is 43.3 Å². The smallest absolute Gasteiger partial charge is 0.344 e. The molecule has 1 amide bonds. The van der Waals surface area contributed by atoms with Gasteiger partial charge in [0, 0.05) is 37.1 Å². The lowest BCUT2D eigenvalue weighted by Gasteiger charge is -2.32. The quantitative estimate of drug-likeness (QED) is 0.496. The van der Waals surface area contributed by atoms with Gasteiger partial charge in [-0.15, -0.1) is 0 Å². The van der Waals surface area contributed by atoms with E-state index < -0.39 is 5.63 Å². The second-order valence-electron chi connectivity index (χ2n) is 7.90. The monoisotopic (exact) mass is 436 g/mol.